The number of hydrogen-bond donors (Lipinski definition) is 1. The van der Waals surface area contributed by atoms with E-state index >= 15 is 0 Å². The maximum Gasteiger partial charge on any atom is 0.258 e. The highest BCUT2D eigenvalue weighted by atomic mass is 16.5. The monoisotopic (exact) mass is 300 g/mol. The Kier molecular flexibility index (Phi) is 5.77. The Morgan fingerprint density at radius 1 is 1.14 bits per heavy atom. The molecule has 2 rings (SSSR count). The Labute approximate surface area is 130 Å². The van der Waals surface area contributed by atoms with Crippen molar-refractivity contribution in [3.63, 3.8) is 0 Å². The minimum Gasteiger partial charge on any atom is -0.490 e. The number of ether oxygens (including phenoxy) is 2. The molecule has 0 aliphatic carbocycles. The van der Waals surface area contributed by atoms with Gasteiger partial charge in [-0.1, -0.05) is 18.2 Å². The molecule has 0 unspecified atom stereocenters. The molecule has 116 valence electrons. The van der Waals surface area contributed by atoms with E-state index in [9.17, 15) is 4.79 Å². The van der Waals surface area contributed by atoms with E-state index in [0.29, 0.717) is 24.7 Å². The summed E-state index contributed by atoms with van der Waals surface area (Å²) in [5.41, 5.74) is 1.90. The number of amides is 1. The second kappa shape index (κ2) is 8.02. The van der Waals surface area contributed by atoms with Crippen molar-refractivity contribution in [2.75, 3.05) is 13.2 Å². The van der Waals surface area contributed by atoms with E-state index < -0.39 is 0 Å². The fourth-order valence-electron chi connectivity index (χ4n) is 1.84. The Morgan fingerprint density at radius 2 is 1.86 bits per heavy atom. The first kappa shape index (κ1) is 15.8. The molecule has 0 fully saturated rings. The third-order valence-electron chi connectivity index (χ3n) is 2.97. The molecule has 0 aliphatic rings. The molecule has 5 heteroatoms. The smallest absolute Gasteiger partial charge is 0.258 e. The minimum absolute atomic E-state index is 0.0522. The molecule has 0 radical (unpaired) electrons. The summed E-state index contributed by atoms with van der Waals surface area (Å²) in [6.45, 7) is 4.75. The van der Waals surface area contributed by atoms with E-state index in [1.807, 2.05) is 44.2 Å². The average Bonchev–Trinajstić information content (AvgIpc) is 2.54. The summed E-state index contributed by atoms with van der Waals surface area (Å²) >= 11 is 0. The minimum atomic E-state index is -0.188. The second-order valence-electron chi connectivity index (χ2n) is 4.75. The third-order valence-corrected chi connectivity index (χ3v) is 2.97. The molecule has 0 saturated heterocycles. The summed E-state index contributed by atoms with van der Waals surface area (Å²) < 4.78 is 11.0. The normalized spacial score (nSPS) is 10.1. The molecule has 5 nitrogen and oxygen atoms in total. The molecular formula is C17H20N2O3. The predicted octanol–water partition coefficient (Wildman–Crippen LogP) is 2.48. The van der Waals surface area contributed by atoms with Crippen molar-refractivity contribution in [1.82, 2.24) is 10.3 Å². The van der Waals surface area contributed by atoms with E-state index in [1.165, 1.54) is 0 Å². The lowest BCUT2D eigenvalue weighted by molar-refractivity contribution is -0.123. The number of benzene rings is 1. The molecular weight excluding hydrogens is 280 g/mol. The van der Waals surface area contributed by atoms with Gasteiger partial charge >= 0.3 is 0 Å². The number of carbonyl (C=O) groups excluding carboxylic acids is 1. The van der Waals surface area contributed by atoms with Crippen molar-refractivity contribution in [2.45, 2.75) is 20.4 Å². The molecule has 1 amide bonds. The zero-order valence-electron chi connectivity index (χ0n) is 12.8. The van der Waals surface area contributed by atoms with Crippen LogP contribution in [0, 0.1) is 6.92 Å². The van der Waals surface area contributed by atoms with Gasteiger partial charge in [0.2, 0.25) is 0 Å². The SMILES string of the molecule is CCOc1ccccc1OCC(=O)NCc1ccc(C)nc1. The van der Waals surface area contributed by atoms with Crippen molar-refractivity contribution in [3.8, 4) is 11.5 Å². The van der Waals surface area contributed by atoms with Gasteiger partial charge in [0.1, 0.15) is 0 Å². The van der Waals surface area contributed by atoms with Crippen LogP contribution in [-0.2, 0) is 11.3 Å². The van der Waals surface area contributed by atoms with Crippen LogP contribution in [0.4, 0.5) is 0 Å². The summed E-state index contributed by atoms with van der Waals surface area (Å²) in [6, 6.07) is 11.1. The number of nitrogens with zero attached hydrogens (tertiary/aromatic N) is 1. The summed E-state index contributed by atoms with van der Waals surface area (Å²) in [5, 5.41) is 2.80. The van der Waals surface area contributed by atoms with Crippen LogP contribution < -0.4 is 14.8 Å². The molecule has 0 atom stereocenters. The van der Waals surface area contributed by atoms with E-state index in [-0.39, 0.29) is 12.5 Å². The first-order valence-corrected chi connectivity index (χ1v) is 7.22. The molecule has 0 bridgehead atoms. The van der Waals surface area contributed by atoms with Gasteiger partial charge in [-0.3, -0.25) is 9.78 Å². The fraction of sp³-hybridized carbons (Fsp3) is 0.294. The number of rotatable bonds is 7. The number of para-hydroxylation sites is 2. The van der Waals surface area contributed by atoms with Crippen molar-refractivity contribution in [1.29, 1.82) is 0 Å². The number of aryl methyl sites for hydroxylation is 1. The van der Waals surface area contributed by atoms with Gasteiger partial charge < -0.3 is 14.8 Å². The second-order valence-corrected chi connectivity index (χ2v) is 4.75. The first-order chi connectivity index (χ1) is 10.7. The van der Waals surface area contributed by atoms with Gasteiger partial charge in [-0.2, -0.15) is 0 Å². The van der Waals surface area contributed by atoms with E-state index in [1.54, 1.807) is 12.3 Å². The number of pyridine rings is 1. The zero-order chi connectivity index (χ0) is 15.8. The van der Waals surface area contributed by atoms with Crippen molar-refractivity contribution in [2.24, 2.45) is 0 Å². The predicted molar refractivity (Wildman–Crippen MR) is 83.9 cm³/mol. The Morgan fingerprint density at radius 3 is 2.50 bits per heavy atom. The Balaban J connectivity index is 1.81. The van der Waals surface area contributed by atoms with Gasteiger partial charge in [0.05, 0.1) is 6.61 Å². The molecule has 0 spiro atoms. The van der Waals surface area contributed by atoms with Crippen LogP contribution in [0.15, 0.2) is 42.6 Å². The lowest BCUT2D eigenvalue weighted by Gasteiger charge is -2.11. The van der Waals surface area contributed by atoms with Crippen LogP contribution in [-0.4, -0.2) is 24.1 Å². The van der Waals surface area contributed by atoms with Crippen LogP contribution in [0.3, 0.4) is 0 Å². The Bertz CT molecular complexity index is 612. The lowest BCUT2D eigenvalue weighted by atomic mass is 10.2. The van der Waals surface area contributed by atoms with E-state index in [4.69, 9.17) is 9.47 Å². The fourth-order valence-corrected chi connectivity index (χ4v) is 1.84. The maximum absolute atomic E-state index is 11.8. The summed E-state index contributed by atoms with van der Waals surface area (Å²) in [5.74, 6) is 1.02. The lowest BCUT2D eigenvalue weighted by Crippen LogP contribution is -2.28. The van der Waals surface area contributed by atoms with Crippen molar-refractivity contribution < 1.29 is 14.3 Å². The van der Waals surface area contributed by atoms with Crippen molar-refractivity contribution >= 4 is 5.91 Å². The van der Waals surface area contributed by atoms with Crippen LogP contribution in [0.25, 0.3) is 0 Å². The number of carbonyl (C=O) groups is 1. The van der Waals surface area contributed by atoms with Crippen LogP contribution >= 0.6 is 0 Å². The number of nitrogens with one attached hydrogen (secondary N) is 1. The van der Waals surface area contributed by atoms with Gasteiger partial charge in [0.25, 0.3) is 5.91 Å². The van der Waals surface area contributed by atoms with E-state index in [0.717, 1.165) is 11.3 Å². The molecule has 1 heterocycles. The first-order valence-electron chi connectivity index (χ1n) is 7.22. The molecule has 2 aromatic rings. The number of hydrogen-bond acceptors (Lipinski definition) is 4. The zero-order valence-corrected chi connectivity index (χ0v) is 12.8. The molecule has 22 heavy (non-hydrogen) atoms. The molecule has 0 aliphatic heterocycles. The standard InChI is InChI=1S/C17H20N2O3/c1-3-21-15-6-4-5-7-16(15)22-12-17(20)19-11-14-9-8-13(2)18-10-14/h4-10H,3,11-12H2,1-2H3,(H,19,20). The topological polar surface area (TPSA) is 60.5 Å². The summed E-state index contributed by atoms with van der Waals surface area (Å²) in [4.78, 5) is 16.0. The Hall–Kier alpha value is -2.56. The van der Waals surface area contributed by atoms with Gasteiger partial charge in [-0.15, -0.1) is 0 Å². The quantitative estimate of drug-likeness (QED) is 0.853. The van der Waals surface area contributed by atoms with Gasteiger partial charge in [-0.05, 0) is 37.6 Å². The highest BCUT2D eigenvalue weighted by Gasteiger charge is 2.07. The van der Waals surface area contributed by atoms with E-state index in [2.05, 4.69) is 10.3 Å². The van der Waals surface area contributed by atoms with Crippen molar-refractivity contribution in [3.05, 3.63) is 53.9 Å². The van der Waals surface area contributed by atoms with Gasteiger partial charge in [0.15, 0.2) is 18.1 Å². The third kappa shape index (κ3) is 4.77. The summed E-state index contributed by atoms with van der Waals surface area (Å²) in [6.07, 6.45) is 1.75. The largest absolute Gasteiger partial charge is 0.490 e. The maximum atomic E-state index is 11.8. The number of aromatic nitrogens is 1. The van der Waals surface area contributed by atoms with Gasteiger partial charge in [0, 0.05) is 18.4 Å². The molecule has 0 saturated carbocycles. The molecule has 1 aromatic carbocycles. The molecule has 1 N–H and O–H groups in total. The van der Waals surface area contributed by atoms with Gasteiger partial charge in [-0.25, -0.2) is 0 Å². The highest BCUT2D eigenvalue weighted by Crippen LogP contribution is 2.26. The van der Waals surface area contributed by atoms with Crippen LogP contribution in [0.2, 0.25) is 0 Å². The average molecular weight is 300 g/mol. The highest BCUT2D eigenvalue weighted by molar-refractivity contribution is 5.77. The molecule has 1 aromatic heterocycles. The van der Waals surface area contributed by atoms with Crippen LogP contribution in [0.5, 0.6) is 11.5 Å². The summed E-state index contributed by atoms with van der Waals surface area (Å²) in [7, 11) is 0. The van der Waals surface area contributed by atoms with Crippen LogP contribution in [0.1, 0.15) is 18.2 Å².